The molecule has 70 valence electrons. The van der Waals surface area contributed by atoms with E-state index in [1.54, 1.807) is 0 Å². The van der Waals surface area contributed by atoms with Gasteiger partial charge in [-0.3, -0.25) is 4.79 Å². The van der Waals surface area contributed by atoms with E-state index in [9.17, 15) is 9.90 Å². The molecule has 1 unspecified atom stereocenters. The molecule has 0 radical (unpaired) electrons. The Bertz CT molecular complexity index is 150. The second kappa shape index (κ2) is 4.58. The Morgan fingerprint density at radius 3 is 2.67 bits per heavy atom. The van der Waals surface area contributed by atoms with Crippen LogP contribution in [-0.4, -0.2) is 30.2 Å². The highest BCUT2D eigenvalue weighted by Crippen LogP contribution is 2.17. The average molecular weight is 172 g/mol. The largest absolute Gasteiger partial charge is 0.385 e. The number of rotatable bonds is 3. The van der Waals surface area contributed by atoms with Crippen molar-refractivity contribution < 1.29 is 14.6 Å². The van der Waals surface area contributed by atoms with Crippen molar-refractivity contribution in [1.82, 2.24) is 0 Å². The molecule has 0 aromatic carbocycles. The molecule has 1 rings (SSSR count). The number of aliphatic hydroxyl groups is 1. The van der Waals surface area contributed by atoms with E-state index in [2.05, 4.69) is 0 Å². The van der Waals surface area contributed by atoms with Crippen LogP contribution in [0, 0.1) is 5.92 Å². The first kappa shape index (κ1) is 9.68. The van der Waals surface area contributed by atoms with E-state index >= 15 is 0 Å². The molecule has 1 saturated heterocycles. The number of ether oxygens (including phenoxy) is 1. The summed E-state index contributed by atoms with van der Waals surface area (Å²) < 4.78 is 5.13. The maximum atomic E-state index is 11.4. The molecule has 0 amide bonds. The Morgan fingerprint density at radius 2 is 2.17 bits per heavy atom. The minimum Gasteiger partial charge on any atom is -0.385 e. The zero-order valence-electron chi connectivity index (χ0n) is 7.45. The molecular weight excluding hydrogens is 156 g/mol. The number of carbonyl (C=O) groups excluding carboxylic acids is 1. The van der Waals surface area contributed by atoms with Gasteiger partial charge in [0.25, 0.3) is 0 Å². The minimum absolute atomic E-state index is 0.000741. The van der Waals surface area contributed by atoms with Gasteiger partial charge in [-0.15, -0.1) is 0 Å². The Kier molecular flexibility index (Phi) is 3.69. The fourth-order valence-corrected chi connectivity index (χ4v) is 1.46. The van der Waals surface area contributed by atoms with Crippen LogP contribution in [0.1, 0.15) is 26.2 Å². The van der Waals surface area contributed by atoms with Crippen LogP contribution in [0.3, 0.4) is 0 Å². The fourth-order valence-electron chi connectivity index (χ4n) is 1.46. The van der Waals surface area contributed by atoms with Crippen LogP contribution >= 0.6 is 0 Å². The van der Waals surface area contributed by atoms with Gasteiger partial charge < -0.3 is 9.84 Å². The lowest BCUT2D eigenvalue weighted by atomic mass is 9.91. The highest BCUT2D eigenvalue weighted by atomic mass is 16.5. The van der Waals surface area contributed by atoms with E-state index in [1.807, 2.05) is 6.92 Å². The van der Waals surface area contributed by atoms with E-state index in [4.69, 9.17) is 4.74 Å². The predicted molar refractivity (Wildman–Crippen MR) is 44.8 cm³/mol. The molecule has 0 saturated carbocycles. The highest BCUT2D eigenvalue weighted by Gasteiger charge is 2.25. The molecular formula is C9H16O3. The summed E-state index contributed by atoms with van der Waals surface area (Å²) in [5, 5.41) is 9.29. The Morgan fingerprint density at radius 1 is 1.58 bits per heavy atom. The molecule has 1 N–H and O–H groups in total. The number of hydrogen-bond acceptors (Lipinski definition) is 3. The number of aliphatic hydroxyl groups excluding tert-OH is 1. The van der Waals surface area contributed by atoms with Gasteiger partial charge in [-0.2, -0.15) is 0 Å². The summed E-state index contributed by atoms with van der Waals surface area (Å²) >= 11 is 0. The van der Waals surface area contributed by atoms with Crippen LogP contribution < -0.4 is 0 Å². The molecule has 0 aliphatic carbocycles. The Balaban J connectivity index is 2.39. The van der Waals surface area contributed by atoms with Crippen molar-refractivity contribution in [3.8, 4) is 0 Å². The van der Waals surface area contributed by atoms with Gasteiger partial charge in [0.2, 0.25) is 0 Å². The van der Waals surface area contributed by atoms with E-state index in [1.165, 1.54) is 0 Å². The van der Waals surface area contributed by atoms with E-state index < -0.39 is 6.10 Å². The third-order valence-corrected chi connectivity index (χ3v) is 2.34. The molecule has 1 heterocycles. The van der Waals surface area contributed by atoms with Gasteiger partial charge in [0.1, 0.15) is 6.10 Å². The molecule has 12 heavy (non-hydrogen) atoms. The molecule has 1 atom stereocenters. The van der Waals surface area contributed by atoms with Gasteiger partial charge in [-0.1, -0.05) is 6.92 Å². The number of carbonyl (C=O) groups is 1. The summed E-state index contributed by atoms with van der Waals surface area (Å²) in [4.78, 5) is 11.4. The maximum Gasteiger partial charge on any atom is 0.164 e. The lowest BCUT2D eigenvalue weighted by Gasteiger charge is -2.22. The van der Waals surface area contributed by atoms with Gasteiger partial charge in [-0.05, 0) is 19.3 Å². The smallest absolute Gasteiger partial charge is 0.164 e. The quantitative estimate of drug-likeness (QED) is 0.683. The lowest BCUT2D eigenvalue weighted by molar-refractivity contribution is -0.134. The van der Waals surface area contributed by atoms with E-state index in [0.717, 1.165) is 12.8 Å². The van der Waals surface area contributed by atoms with Crippen molar-refractivity contribution in [3.63, 3.8) is 0 Å². The third-order valence-electron chi connectivity index (χ3n) is 2.34. The molecule has 3 heteroatoms. The maximum absolute atomic E-state index is 11.4. The average Bonchev–Trinajstić information content (AvgIpc) is 2.17. The SMILES string of the molecule is CCC(O)C(=O)C1CCOCC1. The molecule has 0 aromatic heterocycles. The number of ketones is 1. The summed E-state index contributed by atoms with van der Waals surface area (Å²) in [6.07, 6.45) is 1.32. The van der Waals surface area contributed by atoms with Crippen LogP contribution in [0.5, 0.6) is 0 Å². The van der Waals surface area contributed by atoms with Crippen molar-refractivity contribution >= 4 is 5.78 Å². The van der Waals surface area contributed by atoms with Crippen molar-refractivity contribution in [1.29, 1.82) is 0 Å². The van der Waals surface area contributed by atoms with E-state index in [-0.39, 0.29) is 11.7 Å². The van der Waals surface area contributed by atoms with Gasteiger partial charge in [0, 0.05) is 19.1 Å². The minimum atomic E-state index is -0.756. The summed E-state index contributed by atoms with van der Waals surface area (Å²) in [7, 11) is 0. The van der Waals surface area contributed by atoms with Crippen molar-refractivity contribution in [2.45, 2.75) is 32.3 Å². The van der Waals surface area contributed by atoms with Crippen LogP contribution in [0.2, 0.25) is 0 Å². The topological polar surface area (TPSA) is 46.5 Å². The molecule has 0 bridgehead atoms. The second-order valence-electron chi connectivity index (χ2n) is 3.21. The fraction of sp³-hybridized carbons (Fsp3) is 0.889. The van der Waals surface area contributed by atoms with Crippen molar-refractivity contribution in [2.24, 2.45) is 5.92 Å². The van der Waals surface area contributed by atoms with Crippen molar-refractivity contribution in [3.05, 3.63) is 0 Å². The number of Topliss-reactive ketones (excluding diaryl/α,β-unsaturated/α-hetero) is 1. The summed E-state index contributed by atoms with van der Waals surface area (Å²) in [6.45, 7) is 3.14. The first-order chi connectivity index (χ1) is 5.75. The zero-order chi connectivity index (χ0) is 8.97. The lowest BCUT2D eigenvalue weighted by Crippen LogP contribution is -2.31. The van der Waals surface area contributed by atoms with Gasteiger partial charge in [0.15, 0.2) is 5.78 Å². The summed E-state index contributed by atoms with van der Waals surface area (Å²) in [5.41, 5.74) is 0. The zero-order valence-corrected chi connectivity index (χ0v) is 7.45. The molecule has 0 spiro atoms. The monoisotopic (exact) mass is 172 g/mol. The normalized spacial score (nSPS) is 22.2. The molecule has 0 aromatic rings. The summed E-state index contributed by atoms with van der Waals surface area (Å²) in [5.74, 6) is 0.0366. The predicted octanol–water partition coefficient (Wildman–Crippen LogP) is 0.753. The standard InChI is InChI=1S/C9H16O3/c1-2-8(10)9(11)7-3-5-12-6-4-7/h7-8,10H,2-6H2,1H3. The van der Waals surface area contributed by atoms with Crippen LogP contribution in [0.15, 0.2) is 0 Å². The highest BCUT2D eigenvalue weighted by molar-refractivity contribution is 5.85. The van der Waals surface area contributed by atoms with Crippen LogP contribution in [0.25, 0.3) is 0 Å². The van der Waals surface area contributed by atoms with Crippen LogP contribution in [-0.2, 0) is 9.53 Å². The van der Waals surface area contributed by atoms with Gasteiger partial charge in [0.05, 0.1) is 0 Å². The molecule has 3 nitrogen and oxygen atoms in total. The Labute approximate surface area is 72.7 Å². The second-order valence-corrected chi connectivity index (χ2v) is 3.21. The molecule has 1 aliphatic rings. The van der Waals surface area contributed by atoms with Crippen LogP contribution in [0.4, 0.5) is 0 Å². The summed E-state index contributed by atoms with van der Waals surface area (Å²) in [6, 6.07) is 0. The van der Waals surface area contributed by atoms with Gasteiger partial charge >= 0.3 is 0 Å². The van der Waals surface area contributed by atoms with Gasteiger partial charge in [-0.25, -0.2) is 0 Å². The third kappa shape index (κ3) is 2.29. The Hall–Kier alpha value is -0.410. The van der Waals surface area contributed by atoms with E-state index in [0.29, 0.717) is 19.6 Å². The molecule has 1 fully saturated rings. The number of hydrogen-bond donors (Lipinski definition) is 1. The van der Waals surface area contributed by atoms with Crippen molar-refractivity contribution in [2.75, 3.05) is 13.2 Å². The molecule has 1 aliphatic heterocycles. The first-order valence-electron chi connectivity index (χ1n) is 4.55. The first-order valence-corrected chi connectivity index (χ1v) is 4.55.